The van der Waals surface area contributed by atoms with E-state index in [4.69, 9.17) is 5.26 Å². The number of rotatable bonds is 1. The summed E-state index contributed by atoms with van der Waals surface area (Å²) in [5, 5.41) is 17.7. The average molecular weight is 241 g/mol. The molecule has 1 aliphatic carbocycles. The summed E-state index contributed by atoms with van der Waals surface area (Å²) in [5.41, 5.74) is 2.31. The van der Waals surface area contributed by atoms with Gasteiger partial charge in [-0.15, -0.1) is 0 Å². The lowest BCUT2D eigenvalue weighted by Gasteiger charge is -2.13. The van der Waals surface area contributed by atoms with Crippen LogP contribution in [0, 0.1) is 11.3 Å². The molecular weight excluding hydrogens is 226 g/mol. The monoisotopic (exact) mass is 241 g/mol. The van der Waals surface area contributed by atoms with E-state index in [0.717, 1.165) is 17.4 Å². The average Bonchev–Trinajstić information content (AvgIpc) is 2.43. The molecular formula is C15H15NO2. The Hall–Kier alpha value is -2.18. The Labute approximate surface area is 107 Å². The first-order valence-corrected chi connectivity index (χ1v) is 5.63. The van der Waals surface area contributed by atoms with Gasteiger partial charge >= 0.3 is 0 Å². The standard InChI is InChI=1S/C8H9NO.C7H6O/c1-6-2-3-7(5-9)4-8(6)10;8-6-7-4-2-1-3-5-7/h2-3,8,10H,4H2,1H3;1-6H. The smallest absolute Gasteiger partial charge is 0.150 e. The van der Waals surface area contributed by atoms with Gasteiger partial charge < -0.3 is 5.11 Å². The number of nitriles is 1. The summed E-state index contributed by atoms with van der Waals surface area (Å²) in [6.45, 7) is 1.86. The molecule has 1 aromatic carbocycles. The zero-order chi connectivity index (χ0) is 13.4. The molecule has 3 nitrogen and oxygen atoms in total. The van der Waals surface area contributed by atoms with Crippen molar-refractivity contribution in [3.8, 4) is 6.07 Å². The quantitative estimate of drug-likeness (QED) is 0.769. The van der Waals surface area contributed by atoms with Crippen LogP contribution in [0.2, 0.25) is 0 Å². The molecule has 3 heteroatoms. The molecule has 0 radical (unpaired) electrons. The Morgan fingerprint density at radius 1 is 1.33 bits per heavy atom. The number of nitrogens with zero attached hydrogens (tertiary/aromatic N) is 1. The van der Waals surface area contributed by atoms with Crippen LogP contribution >= 0.6 is 0 Å². The van der Waals surface area contributed by atoms with Gasteiger partial charge in [0.25, 0.3) is 0 Å². The molecule has 1 atom stereocenters. The summed E-state index contributed by atoms with van der Waals surface area (Å²) in [6, 6.07) is 11.1. The van der Waals surface area contributed by atoms with Crippen LogP contribution in [-0.4, -0.2) is 17.5 Å². The van der Waals surface area contributed by atoms with Crippen molar-refractivity contribution < 1.29 is 9.90 Å². The third kappa shape index (κ3) is 4.36. The van der Waals surface area contributed by atoms with Crippen LogP contribution in [-0.2, 0) is 0 Å². The first-order chi connectivity index (χ1) is 8.67. The summed E-state index contributed by atoms with van der Waals surface area (Å²) in [4.78, 5) is 10.0. The summed E-state index contributed by atoms with van der Waals surface area (Å²) in [6.07, 6.45) is 4.40. The Balaban J connectivity index is 0.000000184. The van der Waals surface area contributed by atoms with Gasteiger partial charge in [-0.3, -0.25) is 4.79 Å². The number of aliphatic hydroxyl groups excluding tert-OH is 1. The van der Waals surface area contributed by atoms with E-state index in [1.54, 1.807) is 24.3 Å². The minimum Gasteiger partial charge on any atom is -0.388 e. The highest BCUT2D eigenvalue weighted by Crippen LogP contribution is 2.17. The molecule has 0 amide bonds. The molecule has 1 N–H and O–H groups in total. The number of carbonyl (C=O) groups is 1. The van der Waals surface area contributed by atoms with Gasteiger partial charge in [0.1, 0.15) is 6.29 Å². The zero-order valence-corrected chi connectivity index (χ0v) is 10.2. The van der Waals surface area contributed by atoms with Crippen LogP contribution in [0.4, 0.5) is 0 Å². The molecule has 2 rings (SSSR count). The number of allylic oxidation sites excluding steroid dienone is 2. The fourth-order valence-electron chi connectivity index (χ4n) is 1.39. The Morgan fingerprint density at radius 2 is 2.00 bits per heavy atom. The number of hydrogen-bond donors (Lipinski definition) is 1. The van der Waals surface area contributed by atoms with Crippen molar-refractivity contribution in [3.63, 3.8) is 0 Å². The number of hydrogen-bond acceptors (Lipinski definition) is 3. The predicted molar refractivity (Wildman–Crippen MR) is 69.9 cm³/mol. The minimum atomic E-state index is -0.445. The maximum Gasteiger partial charge on any atom is 0.150 e. The van der Waals surface area contributed by atoms with Crippen molar-refractivity contribution in [2.75, 3.05) is 0 Å². The lowest BCUT2D eigenvalue weighted by molar-refractivity contribution is 0.112. The molecule has 92 valence electrons. The van der Waals surface area contributed by atoms with E-state index < -0.39 is 6.10 Å². The van der Waals surface area contributed by atoms with Crippen molar-refractivity contribution in [1.29, 1.82) is 5.26 Å². The predicted octanol–water partition coefficient (Wildman–Crippen LogP) is 2.65. The SMILES string of the molecule is CC1=CC=C(C#N)CC1O.O=Cc1ccccc1. The molecule has 0 spiro atoms. The van der Waals surface area contributed by atoms with Gasteiger partial charge in [0.2, 0.25) is 0 Å². The van der Waals surface area contributed by atoms with E-state index in [-0.39, 0.29) is 0 Å². The summed E-state index contributed by atoms with van der Waals surface area (Å²) in [7, 11) is 0. The molecule has 0 aliphatic heterocycles. The van der Waals surface area contributed by atoms with Crippen LogP contribution in [0.1, 0.15) is 23.7 Å². The lowest BCUT2D eigenvalue weighted by atomic mass is 9.98. The molecule has 0 bridgehead atoms. The van der Waals surface area contributed by atoms with Gasteiger partial charge in [0.05, 0.1) is 12.2 Å². The van der Waals surface area contributed by atoms with Crippen molar-refractivity contribution in [2.24, 2.45) is 0 Å². The summed E-state index contributed by atoms with van der Waals surface area (Å²) in [5.74, 6) is 0. The van der Waals surface area contributed by atoms with E-state index >= 15 is 0 Å². The number of aliphatic hydroxyl groups is 1. The van der Waals surface area contributed by atoms with Gasteiger partial charge in [-0.05, 0) is 18.6 Å². The molecule has 1 aromatic rings. The van der Waals surface area contributed by atoms with Crippen LogP contribution in [0.3, 0.4) is 0 Å². The summed E-state index contributed by atoms with van der Waals surface area (Å²) >= 11 is 0. The molecule has 0 fully saturated rings. The van der Waals surface area contributed by atoms with Crippen LogP contribution in [0.25, 0.3) is 0 Å². The summed E-state index contributed by atoms with van der Waals surface area (Å²) < 4.78 is 0. The third-order valence-electron chi connectivity index (χ3n) is 2.57. The van der Waals surface area contributed by atoms with E-state index in [1.807, 2.05) is 31.2 Å². The largest absolute Gasteiger partial charge is 0.388 e. The first-order valence-electron chi connectivity index (χ1n) is 5.63. The van der Waals surface area contributed by atoms with E-state index in [2.05, 4.69) is 0 Å². The van der Waals surface area contributed by atoms with Gasteiger partial charge in [-0.25, -0.2) is 0 Å². The highest BCUT2D eigenvalue weighted by molar-refractivity contribution is 5.74. The van der Waals surface area contributed by atoms with Crippen LogP contribution in [0.5, 0.6) is 0 Å². The molecule has 0 heterocycles. The number of aldehydes is 1. The third-order valence-corrected chi connectivity index (χ3v) is 2.57. The molecule has 0 aromatic heterocycles. The number of benzene rings is 1. The molecule has 18 heavy (non-hydrogen) atoms. The second kappa shape index (κ2) is 7.21. The topological polar surface area (TPSA) is 61.1 Å². The highest BCUT2D eigenvalue weighted by Gasteiger charge is 2.11. The Bertz CT molecular complexity index is 495. The minimum absolute atomic E-state index is 0.445. The fraction of sp³-hybridized carbons (Fsp3) is 0.200. The zero-order valence-electron chi connectivity index (χ0n) is 10.2. The fourth-order valence-corrected chi connectivity index (χ4v) is 1.39. The van der Waals surface area contributed by atoms with Gasteiger partial charge in [-0.2, -0.15) is 5.26 Å². The van der Waals surface area contributed by atoms with E-state index in [0.29, 0.717) is 12.0 Å². The van der Waals surface area contributed by atoms with Crippen molar-refractivity contribution in [1.82, 2.24) is 0 Å². The van der Waals surface area contributed by atoms with Crippen LogP contribution in [0.15, 0.2) is 53.6 Å². The molecule has 1 unspecified atom stereocenters. The highest BCUT2D eigenvalue weighted by atomic mass is 16.3. The van der Waals surface area contributed by atoms with Gasteiger partial charge in [-0.1, -0.05) is 36.4 Å². The Morgan fingerprint density at radius 3 is 2.44 bits per heavy atom. The number of carbonyl (C=O) groups excluding carboxylic acids is 1. The van der Waals surface area contributed by atoms with E-state index in [1.165, 1.54) is 0 Å². The van der Waals surface area contributed by atoms with Crippen molar-refractivity contribution >= 4 is 6.29 Å². The van der Waals surface area contributed by atoms with Crippen molar-refractivity contribution in [2.45, 2.75) is 19.4 Å². The maximum absolute atomic E-state index is 10.0. The van der Waals surface area contributed by atoms with Crippen molar-refractivity contribution in [3.05, 3.63) is 59.2 Å². The second-order valence-corrected chi connectivity index (χ2v) is 3.96. The maximum atomic E-state index is 10.0. The van der Waals surface area contributed by atoms with E-state index in [9.17, 15) is 9.90 Å². The second-order valence-electron chi connectivity index (χ2n) is 3.96. The Kier molecular flexibility index (Phi) is 5.56. The molecule has 0 saturated heterocycles. The molecule has 1 aliphatic rings. The first kappa shape index (κ1) is 13.9. The van der Waals surface area contributed by atoms with Gasteiger partial charge in [0.15, 0.2) is 0 Å². The lowest BCUT2D eigenvalue weighted by Crippen LogP contribution is -2.11. The molecule has 0 saturated carbocycles. The normalized spacial score (nSPS) is 17.5. The van der Waals surface area contributed by atoms with Crippen LogP contribution < -0.4 is 0 Å². The van der Waals surface area contributed by atoms with Gasteiger partial charge in [0, 0.05) is 17.6 Å².